The number of benzene rings is 2. The summed E-state index contributed by atoms with van der Waals surface area (Å²) in [7, 11) is 0. The quantitative estimate of drug-likeness (QED) is 0.636. The fraction of sp³-hybridized carbons (Fsp3) is 0.280. The van der Waals surface area contributed by atoms with Crippen LogP contribution >= 0.6 is 0 Å². The molecule has 0 atom stereocenters. The third-order valence-corrected chi connectivity index (χ3v) is 5.67. The average Bonchev–Trinajstić information content (AvgIpc) is 2.75. The van der Waals surface area contributed by atoms with Gasteiger partial charge >= 0.3 is 0 Å². The van der Waals surface area contributed by atoms with E-state index in [1.807, 2.05) is 30.0 Å². The third kappa shape index (κ3) is 4.14. The highest BCUT2D eigenvalue weighted by Crippen LogP contribution is 2.28. The van der Waals surface area contributed by atoms with Crippen molar-refractivity contribution in [2.75, 3.05) is 13.1 Å². The topological polar surface area (TPSA) is 33.2 Å². The van der Waals surface area contributed by atoms with E-state index in [1.165, 1.54) is 5.56 Å². The Kier molecular flexibility index (Phi) is 5.52. The third-order valence-electron chi connectivity index (χ3n) is 5.67. The molecule has 1 aliphatic heterocycles. The van der Waals surface area contributed by atoms with E-state index >= 15 is 0 Å². The molecule has 2 aromatic carbocycles. The number of rotatable bonds is 4. The molecular weight excluding hydrogens is 344 g/mol. The number of likely N-dealkylation sites (tertiary alicyclic amines) is 1. The maximum atomic E-state index is 13.3. The molecule has 3 nitrogen and oxygen atoms in total. The Labute approximate surface area is 167 Å². The number of nitrogens with zero attached hydrogens (tertiary/aromatic N) is 2. The van der Waals surface area contributed by atoms with Crippen LogP contribution in [0.3, 0.4) is 0 Å². The summed E-state index contributed by atoms with van der Waals surface area (Å²) in [6, 6.07) is 20.7. The Morgan fingerprint density at radius 2 is 1.71 bits per heavy atom. The minimum atomic E-state index is 0.147. The number of carbonyl (C=O) groups is 1. The van der Waals surface area contributed by atoms with Gasteiger partial charge in [-0.05, 0) is 67.0 Å². The van der Waals surface area contributed by atoms with Crippen molar-refractivity contribution in [3.63, 3.8) is 0 Å². The lowest BCUT2D eigenvalue weighted by atomic mass is 9.89. The molecule has 1 amide bonds. The highest BCUT2D eigenvalue weighted by molar-refractivity contribution is 6.01. The monoisotopic (exact) mass is 370 g/mol. The van der Waals surface area contributed by atoms with Crippen molar-refractivity contribution >= 4 is 5.91 Å². The molecule has 1 aliphatic rings. The maximum Gasteiger partial charge on any atom is 0.254 e. The molecule has 142 valence electrons. The fourth-order valence-electron chi connectivity index (χ4n) is 4.08. The lowest BCUT2D eigenvalue weighted by Gasteiger charge is -2.32. The van der Waals surface area contributed by atoms with Crippen molar-refractivity contribution in [1.82, 2.24) is 9.88 Å². The molecule has 0 unspecified atom stereocenters. The highest BCUT2D eigenvalue weighted by Gasteiger charge is 2.25. The second-order valence-corrected chi connectivity index (χ2v) is 7.71. The zero-order valence-corrected chi connectivity index (χ0v) is 16.3. The zero-order chi connectivity index (χ0) is 19.3. The first kappa shape index (κ1) is 18.4. The molecule has 0 spiro atoms. The zero-order valence-electron chi connectivity index (χ0n) is 16.3. The van der Waals surface area contributed by atoms with Crippen LogP contribution in [-0.2, 0) is 6.42 Å². The first-order valence-corrected chi connectivity index (χ1v) is 10.0. The number of hydrogen-bond donors (Lipinski definition) is 0. The first-order chi connectivity index (χ1) is 13.7. The number of hydrogen-bond acceptors (Lipinski definition) is 2. The van der Waals surface area contributed by atoms with Gasteiger partial charge in [0.2, 0.25) is 0 Å². The highest BCUT2D eigenvalue weighted by atomic mass is 16.2. The predicted octanol–water partition coefficient (Wildman–Crippen LogP) is 5.15. The van der Waals surface area contributed by atoms with Gasteiger partial charge in [-0.1, -0.05) is 48.0 Å². The molecule has 0 bridgehead atoms. The van der Waals surface area contributed by atoms with Gasteiger partial charge in [-0.2, -0.15) is 0 Å². The number of aromatic nitrogens is 1. The Balaban J connectivity index is 1.48. The fourth-order valence-corrected chi connectivity index (χ4v) is 4.08. The summed E-state index contributed by atoms with van der Waals surface area (Å²) in [5, 5.41) is 0. The van der Waals surface area contributed by atoms with Gasteiger partial charge in [0.25, 0.3) is 5.91 Å². The summed E-state index contributed by atoms with van der Waals surface area (Å²) in [6.07, 6.45) is 6.79. The van der Waals surface area contributed by atoms with Crippen molar-refractivity contribution in [1.29, 1.82) is 0 Å². The molecule has 28 heavy (non-hydrogen) atoms. The van der Waals surface area contributed by atoms with Crippen molar-refractivity contribution in [2.24, 2.45) is 5.92 Å². The molecule has 1 fully saturated rings. The van der Waals surface area contributed by atoms with Crippen molar-refractivity contribution < 1.29 is 4.79 Å². The van der Waals surface area contributed by atoms with E-state index in [-0.39, 0.29) is 5.91 Å². The van der Waals surface area contributed by atoms with E-state index in [4.69, 9.17) is 0 Å². The Hall–Kier alpha value is -2.94. The van der Waals surface area contributed by atoms with Crippen LogP contribution in [0.1, 0.15) is 34.3 Å². The summed E-state index contributed by atoms with van der Waals surface area (Å²) in [5.41, 5.74) is 5.33. The van der Waals surface area contributed by atoms with Gasteiger partial charge in [-0.3, -0.25) is 9.78 Å². The SMILES string of the molecule is Cc1ccc(-c2ccncc2)c(C(=O)N2CCC(Cc3ccccc3)CC2)c1. The minimum absolute atomic E-state index is 0.147. The number of pyridine rings is 1. The summed E-state index contributed by atoms with van der Waals surface area (Å²) < 4.78 is 0. The number of piperidine rings is 1. The molecule has 3 aromatic rings. The smallest absolute Gasteiger partial charge is 0.254 e. The maximum absolute atomic E-state index is 13.3. The minimum Gasteiger partial charge on any atom is -0.339 e. The molecular formula is C25H26N2O. The van der Waals surface area contributed by atoms with Gasteiger partial charge in [-0.25, -0.2) is 0 Å². The van der Waals surface area contributed by atoms with Gasteiger partial charge in [0.15, 0.2) is 0 Å². The molecule has 0 radical (unpaired) electrons. The van der Waals surface area contributed by atoms with Crippen molar-refractivity contribution in [3.05, 3.63) is 89.7 Å². The van der Waals surface area contributed by atoms with Crippen LogP contribution in [0.25, 0.3) is 11.1 Å². The molecule has 4 rings (SSSR count). The predicted molar refractivity (Wildman–Crippen MR) is 113 cm³/mol. The summed E-state index contributed by atoms with van der Waals surface area (Å²) in [4.78, 5) is 19.5. The van der Waals surface area contributed by atoms with E-state index < -0.39 is 0 Å². The summed E-state index contributed by atoms with van der Waals surface area (Å²) >= 11 is 0. The molecule has 0 saturated carbocycles. The van der Waals surface area contributed by atoms with E-state index in [1.54, 1.807) is 12.4 Å². The van der Waals surface area contributed by atoms with Gasteiger partial charge in [0.05, 0.1) is 0 Å². The van der Waals surface area contributed by atoms with E-state index in [0.717, 1.165) is 54.6 Å². The van der Waals surface area contributed by atoms with Crippen LogP contribution in [0, 0.1) is 12.8 Å². The van der Waals surface area contributed by atoms with Gasteiger partial charge in [0, 0.05) is 31.0 Å². The lowest BCUT2D eigenvalue weighted by Crippen LogP contribution is -2.39. The lowest BCUT2D eigenvalue weighted by molar-refractivity contribution is 0.0691. The van der Waals surface area contributed by atoms with Crippen LogP contribution in [0.4, 0.5) is 0 Å². The standard InChI is InChI=1S/C25H26N2O/c1-19-7-8-23(22-9-13-26-14-10-22)24(17-19)25(28)27-15-11-21(12-16-27)18-20-5-3-2-4-6-20/h2-10,13-14,17,21H,11-12,15-16,18H2,1H3. The molecule has 1 aromatic heterocycles. The van der Waals surface area contributed by atoms with Crippen LogP contribution in [-0.4, -0.2) is 28.9 Å². The molecule has 0 N–H and O–H groups in total. The molecule has 3 heteroatoms. The summed E-state index contributed by atoms with van der Waals surface area (Å²) in [6.45, 7) is 3.71. The summed E-state index contributed by atoms with van der Waals surface area (Å²) in [5.74, 6) is 0.803. The van der Waals surface area contributed by atoms with Crippen LogP contribution in [0.15, 0.2) is 73.1 Å². The Morgan fingerprint density at radius 3 is 2.43 bits per heavy atom. The first-order valence-electron chi connectivity index (χ1n) is 10.0. The van der Waals surface area contributed by atoms with Crippen LogP contribution in [0.5, 0.6) is 0 Å². The number of amides is 1. The number of aryl methyl sites for hydroxylation is 1. The normalized spacial score (nSPS) is 14.8. The second kappa shape index (κ2) is 8.39. The second-order valence-electron chi connectivity index (χ2n) is 7.71. The van der Waals surface area contributed by atoms with Gasteiger partial charge in [-0.15, -0.1) is 0 Å². The molecule has 0 aliphatic carbocycles. The van der Waals surface area contributed by atoms with Crippen LogP contribution in [0.2, 0.25) is 0 Å². The van der Waals surface area contributed by atoms with Crippen LogP contribution < -0.4 is 0 Å². The largest absolute Gasteiger partial charge is 0.339 e. The Bertz CT molecular complexity index is 929. The van der Waals surface area contributed by atoms with Crippen molar-refractivity contribution in [3.8, 4) is 11.1 Å². The van der Waals surface area contributed by atoms with E-state index in [2.05, 4.69) is 47.4 Å². The average molecular weight is 370 g/mol. The molecule has 1 saturated heterocycles. The Morgan fingerprint density at radius 1 is 1.00 bits per heavy atom. The van der Waals surface area contributed by atoms with Gasteiger partial charge in [0.1, 0.15) is 0 Å². The number of carbonyl (C=O) groups excluding carboxylic acids is 1. The van der Waals surface area contributed by atoms with E-state index in [9.17, 15) is 4.79 Å². The van der Waals surface area contributed by atoms with Gasteiger partial charge < -0.3 is 4.90 Å². The van der Waals surface area contributed by atoms with E-state index in [0.29, 0.717) is 5.92 Å². The van der Waals surface area contributed by atoms with Crippen molar-refractivity contribution in [2.45, 2.75) is 26.2 Å². The molecule has 2 heterocycles.